The lowest BCUT2D eigenvalue weighted by Crippen LogP contribution is -2.49. The summed E-state index contributed by atoms with van der Waals surface area (Å²) in [4.78, 5) is 27.0. The highest BCUT2D eigenvalue weighted by Crippen LogP contribution is 2.19. The summed E-state index contributed by atoms with van der Waals surface area (Å²) in [6, 6.07) is 11.2. The van der Waals surface area contributed by atoms with E-state index in [1.807, 2.05) is 9.79 Å². The highest BCUT2D eigenvalue weighted by molar-refractivity contribution is 7.89. The molecule has 3 rings (SSSR count). The normalized spacial score (nSPS) is 14.6. The molecule has 0 aliphatic carbocycles. The van der Waals surface area contributed by atoms with Crippen LogP contribution in [0.5, 0.6) is 0 Å². The molecule has 28 heavy (non-hydrogen) atoms. The summed E-state index contributed by atoms with van der Waals surface area (Å²) in [5, 5.41) is 9.21. The number of carbonyl (C=O) groups excluding carboxylic acids is 1. The van der Waals surface area contributed by atoms with Crippen LogP contribution in [0.4, 0.5) is 5.82 Å². The average molecular weight is 401 g/mol. The van der Waals surface area contributed by atoms with Gasteiger partial charge in [-0.05, 0) is 36.4 Å². The van der Waals surface area contributed by atoms with Gasteiger partial charge in [0.15, 0.2) is 0 Å². The number of hydrogen-bond donors (Lipinski definition) is 1. The second-order valence-electron chi connectivity index (χ2n) is 6.08. The van der Waals surface area contributed by atoms with Crippen molar-refractivity contribution < 1.29 is 18.0 Å². The summed E-state index contributed by atoms with van der Waals surface area (Å²) in [7, 11) is -2.55. The van der Waals surface area contributed by atoms with E-state index in [0.29, 0.717) is 43.1 Å². The van der Waals surface area contributed by atoms with Gasteiger partial charge < -0.3 is 9.80 Å². The van der Waals surface area contributed by atoms with E-state index in [1.165, 1.54) is 31.4 Å². The summed E-state index contributed by atoms with van der Waals surface area (Å²) >= 11 is 0. The number of sulfonamides is 1. The second-order valence-corrected chi connectivity index (χ2v) is 7.73. The molecular weight excluding hydrogens is 382 g/mol. The quantitative estimate of drug-likeness (QED) is 0.735. The van der Waals surface area contributed by atoms with Gasteiger partial charge in [0.25, 0.3) is 15.9 Å². The molecule has 0 bridgehead atoms. The molecule has 0 spiro atoms. The Morgan fingerprint density at radius 2 is 1.86 bits per heavy atom. The lowest BCUT2D eigenvalue weighted by atomic mass is 10.1. The first-order valence-corrected chi connectivity index (χ1v) is 9.99. The van der Waals surface area contributed by atoms with Crippen LogP contribution in [-0.2, 0) is 14.9 Å². The Labute approximate surface area is 163 Å². The minimum absolute atomic E-state index is 0.00917. The number of carbonyl (C=O) groups is 1. The topological polar surface area (TPSA) is 116 Å². The zero-order valence-electron chi connectivity index (χ0n) is 15.2. The van der Waals surface area contributed by atoms with E-state index in [9.17, 15) is 18.5 Å². The van der Waals surface area contributed by atoms with Gasteiger partial charge >= 0.3 is 0 Å². The first-order chi connectivity index (χ1) is 13.5. The molecule has 1 aromatic carbocycles. The van der Waals surface area contributed by atoms with Crippen molar-refractivity contribution >= 4 is 21.7 Å². The largest absolute Gasteiger partial charge is 0.352 e. The van der Waals surface area contributed by atoms with Crippen LogP contribution in [0.15, 0.2) is 47.5 Å². The van der Waals surface area contributed by atoms with Gasteiger partial charge in [-0.25, -0.2) is 13.4 Å². The molecule has 2 heterocycles. The molecule has 146 valence electrons. The van der Waals surface area contributed by atoms with Crippen molar-refractivity contribution in [1.82, 2.24) is 14.8 Å². The fraction of sp³-hybridized carbons (Fsp3) is 0.278. The maximum atomic E-state index is 12.7. The van der Waals surface area contributed by atoms with Crippen molar-refractivity contribution in [3.05, 3.63) is 53.7 Å². The Hall–Kier alpha value is -3.00. The van der Waals surface area contributed by atoms with Crippen LogP contribution in [0, 0.1) is 11.3 Å². The minimum Gasteiger partial charge on any atom is -0.352 e. The van der Waals surface area contributed by atoms with Gasteiger partial charge in [-0.2, -0.15) is 5.26 Å². The molecule has 0 atom stereocenters. The van der Waals surface area contributed by atoms with Crippen LogP contribution in [0.1, 0.15) is 15.9 Å². The van der Waals surface area contributed by atoms with Crippen LogP contribution < -0.4 is 9.79 Å². The number of piperazine rings is 1. The number of anilines is 1. The van der Waals surface area contributed by atoms with Crippen LogP contribution >= 0.6 is 0 Å². The molecule has 1 amide bonds. The number of rotatable bonds is 5. The van der Waals surface area contributed by atoms with Gasteiger partial charge in [-0.1, -0.05) is 4.89 Å². The molecule has 1 fully saturated rings. The lowest BCUT2D eigenvalue weighted by molar-refractivity contribution is 0.0746. The van der Waals surface area contributed by atoms with Crippen molar-refractivity contribution in [3.63, 3.8) is 0 Å². The number of nitrogens with one attached hydrogen (secondary N) is 1. The molecule has 2 aromatic rings. The number of aromatic nitrogens is 1. The van der Waals surface area contributed by atoms with Crippen LogP contribution in [0.25, 0.3) is 0 Å². The molecule has 0 radical (unpaired) electrons. The van der Waals surface area contributed by atoms with E-state index in [2.05, 4.69) is 15.9 Å². The van der Waals surface area contributed by atoms with Crippen molar-refractivity contribution in [2.24, 2.45) is 0 Å². The molecule has 1 aliphatic heterocycles. The van der Waals surface area contributed by atoms with Crippen molar-refractivity contribution in [2.45, 2.75) is 4.90 Å². The molecule has 10 heteroatoms. The van der Waals surface area contributed by atoms with Crippen LogP contribution in [-0.4, -0.2) is 57.5 Å². The monoisotopic (exact) mass is 401 g/mol. The molecule has 9 nitrogen and oxygen atoms in total. The van der Waals surface area contributed by atoms with Crippen LogP contribution in [0.2, 0.25) is 0 Å². The fourth-order valence-electron chi connectivity index (χ4n) is 2.97. The number of nitrogens with zero attached hydrogens (tertiary/aromatic N) is 4. The molecule has 1 N–H and O–H groups in total. The van der Waals surface area contributed by atoms with E-state index in [1.54, 1.807) is 23.2 Å². The Balaban J connectivity index is 1.66. The van der Waals surface area contributed by atoms with E-state index in [-0.39, 0.29) is 10.8 Å². The molecule has 0 unspecified atom stereocenters. The molecule has 0 saturated carbocycles. The predicted octanol–water partition coefficient (Wildman–Crippen LogP) is 0.755. The van der Waals surface area contributed by atoms with Crippen LogP contribution in [0.3, 0.4) is 0 Å². The minimum atomic E-state index is -3.76. The Bertz CT molecular complexity index is 993. The highest BCUT2D eigenvalue weighted by atomic mass is 32.2. The van der Waals surface area contributed by atoms with Gasteiger partial charge in [0.05, 0.1) is 17.6 Å². The molecule has 1 aliphatic rings. The SMILES string of the molecule is CONS(=O)(=O)c1ccc(C(=O)N2CCN(c3ncccc3C#N)CC2)cc1. The maximum absolute atomic E-state index is 12.7. The predicted molar refractivity (Wildman–Crippen MR) is 101 cm³/mol. The van der Waals surface area contributed by atoms with E-state index in [4.69, 9.17) is 0 Å². The second kappa shape index (κ2) is 8.35. The zero-order valence-corrected chi connectivity index (χ0v) is 16.0. The van der Waals surface area contributed by atoms with E-state index < -0.39 is 10.0 Å². The smallest absolute Gasteiger partial charge is 0.262 e. The first kappa shape index (κ1) is 19.8. The van der Waals surface area contributed by atoms with Gasteiger partial charge in [-0.15, -0.1) is 0 Å². The summed E-state index contributed by atoms with van der Waals surface area (Å²) in [6.45, 7) is 2.07. The third-order valence-corrected chi connectivity index (χ3v) is 5.66. The number of amides is 1. The third kappa shape index (κ3) is 4.12. The van der Waals surface area contributed by atoms with Gasteiger partial charge in [0, 0.05) is 37.9 Å². The highest BCUT2D eigenvalue weighted by Gasteiger charge is 2.24. The maximum Gasteiger partial charge on any atom is 0.262 e. The van der Waals surface area contributed by atoms with Gasteiger partial charge in [-0.3, -0.25) is 9.63 Å². The molecular formula is C18H19N5O4S. The Kier molecular flexibility index (Phi) is 5.89. The molecule has 1 aromatic heterocycles. The Morgan fingerprint density at radius 1 is 1.18 bits per heavy atom. The van der Waals surface area contributed by atoms with Gasteiger partial charge in [0.1, 0.15) is 11.9 Å². The van der Waals surface area contributed by atoms with E-state index >= 15 is 0 Å². The van der Waals surface area contributed by atoms with Gasteiger partial charge in [0.2, 0.25) is 0 Å². The Morgan fingerprint density at radius 3 is 2.46 bits per heavy atom. The zero-order chi connectivity index (χ0) is 20.1. The number of nitriles is 1. The van der Waals surface area contributed by atoms with Crippen molar-refractivity contribution in [2.75, 3.05) is 38.2 Å². The number of hydrogen-bond acceptors (Lipinski definition) is 7. The molecule has 1 saturated heterocycles. The third-order valence-electron chi connectivity index (χ3n) is 4.38. The fourth-order valence-corrected chi connectivity index (χ4v) is 3.78. The van der Waals surface area contributed by atoms with E-state index in [0.717, 1.165) is 0 Å². The lowest BCUT2D eigenvalue weighted by Gasteiger charge is -2.35. The summed E-state index contributed by atoms with van der Waals surface area (Å²) in [6.07, 6.45) is 1.64. The summed E-state index contributed by atoms with van der Waals surface area (Å²) in [5.74, 6) is 0.446. The first-order valence-electron chi connectivity index (χ1n) is 8.50. The summed E-state index contributed by atoms with van der Waals surface area (Å²) < 4.78 is 23.7. The summed E-state index contributed by atoms with van der Waals surface area (Å²) in [5.41, 5.74) is 0.907. The number of benzene rings is 1. The number of pyridine rings is 1. The average Bonchev–Trinajstić information content (AvgIpc) is 2.73. The van der Waals surface area contributed by atoms with Crippen molar-refractivity contribution in [1.29, 1.82) is 5.26 Å². The standard InChI is InChI=1S/C18H19N5O4S/c1-27-21-28(25,26)16-6-4-14(5-7-16)18(24)23-11-9-22(10-12-23)17-15(13-19)3-2-8-20-17/h2-8,21H,9-12H2,1H3. The van der Waals surface area contributed by atoms with Crippen molar-refractivity contribution in [3.8, 4) is 6.07 Å².